The number of carbonyl (C=O) groups excluding carboxylic acids is 3. The third kappa shape index (κ3) is 6.37. The molecule has 0 N–H and O–H groups in total. The minimum atomic E-state index is -3.77. The number of aryl methyl sites for hydroxylation is 1. The van der Waals surface area contributed by atoms with Crippen molar-refractivity contribution in [1.82, 2.24) is 0 Å². The molecule has 1 aliphatic rings. The van der Waals surface area contributed by atoms with E-state index in [1.165, 1.54) is 20.8 Å². The van der Waals surface area contributed by atoms with E-state index in [0.29, 0.717) is 19.4 Å². The number of benzene rings is 1. The summed E-state index contributed by atoms with van der Waals surface area (Å²) >= 11 is 0. The number of hydrogen-bond donors (Lipinski definition) is 0. The maximum Gasteiger partial charge on any atom is 0.705 e. The summed E-state index contributed by atoms with van der Waals surface area (Å²) in [6, 6.07) is 5.95. The lowest BCUT2D eigenvalue weighted by atomic mass is 10.1. The van der Waals surface area contributed by atoms with Crippen LogP contribution in [0, 0.1) is 0 Å². The van der Waals surface area contributed by atoms with E-state index in [0.717, 1.165) is 16.9 Å². The molecule has 0 aromatic heterocycles. The van der Waals surface area contributed by atoms with E-state index in [2.05, 4.69) is 0 Å². The van der Waals surface area contributed by atoms with Gasteiger partial charge in [-0.05, 0) is 37.5 Å². The number of carbonyl (C=O) groups is 3. The molecule has 0 aliphatic carbocycles. The molecule has 148 valence electrons. The van der Waals surface area contributed by atoms with Crippen LogP contribution in [0.5, 0.6) is 5.75 Å². The fraction of sp³-hybridized carbons (Fsp3) is 0.500. The van der Waals surface area contributed by atoms with Gasteiger partial charge in [-0.15, -0.1) is 0 Å². The summed E-state index contributed by atoms with van der Waals surface area (Å²) in [5.41, 5.74) is 1.97. The van der Waals surface area contributed by atoms with Gasteiger partial charge in [0, 0.05) is 26.3 Å². The largest absolute Gasteiger partial charge is 0.705 e. The molecule has 1 aliphatic heterocycles. The first-order valence-corrected chi connectivity index (χ1v) is 10.6. The summed E-state index contributed by atoms with van der Waals surface area (Å²) in [6.45, 7) is 5.84. The molecule has 27 heavy (non-hydrogen) atoms. The molecule has 0 spiro atoms. The third-order valence-corrected chi connectivity index (χ3v) is 6.50. The molecule has 1 aromatic rings. The van der Waals surface area contributed by atoms with Gasteiger partial charge < -0.3 is 22.8 Å². The molecule has 0 bridgehead atoms. The number of rotatable bonds is 7. The zero-order valence-corrected chi connectivity index (χ0v) is 16.9. The van der Waals surface area contributed by atoms with E-state index >= 15 is 0 Å². The van der Waals surface area contributed by atoms with Crippen molar-refractivity contribution < 1.29 is 37.1 Å². The molecule has 1 aromatic carbocycles. The van der Waals surface area contributed by atoms with E-state index in [4.69, 9.17) is 22.8 Å². The zero-order chi connectivity index (χ0) is 20.0. The predicted molar refractivity (Wildman–Crippen MR) is 95.5 cm³/mol. The van der Waals surface area contributed by atoms with Gasteiger partial charge in [-0.2, -0.15) is 0 Å². The highest BCUT2D eigenvalue weighted by molar-refractivity contribution is 6.65. The Kier molecular flexibility index (Phi) is 6.97. The summed E-state index contributed by atoms with van der Waals surface area (Å²) < 4.78 is 26.6. The SMILES string of the molecule is CC(=O)O[Si](CCCc1ccc2c(c1)COC(C)O2)(OC(C)=O)OC(C)=O. The molecule has 8 nitrogen and oxygen atoms in total. The summed E-state index contributed by atoms with van der Waals surface area (Å²) in [6.07, 6.45) is 0.837. The van der Waals surface area contributed by atoms with Crippen LogP contribution in [0.4, 0.5) is 0 Å². The van der Waals surface area contributed by atoms with Crippen molar-refractivity contribution >= 4 is 26.7 Å². The van der Waals surface area contributed by atoms with E-state index in [-0.39, 0.29) is 12.3 Å². The molecule has 1 atom stereocenters. The summed E-state index contributed by atoms with van der Waals surface area (Å²) in [5, 5.41) is 0. The van der Waals surface area contributed by atoms with Crippen molar-refractivity contribution in [2.75, 3.05) is 0 Å². The van der Waals surface area contributed by atoms with Crippen LogP contribution in [0.25, 0.3) is 0 Å². The van der Waals surface area contributed by atoms with Crippen LogP contribution >= 0.6 is 0 Å². The Morgan fingerprint density at radius 3 is 2.22 bits per heavy atom. The van der Waals surface area contributed by atoms with Crippen molar-refractivity contribution in [2.24, 2.45) is 0 Å². The van der Waals surface area contributed by atoms with Crippen LogP contribution < -0.4 is 4.74 Å². The Bertz CT molecular complexity index is 677. The van der Waals surface area contributed by atoms with Crippen molar-refractivity contribution in [3.8, 4) is 5.75 Å². The molecular formula is C18H24O8Si. The van der Waals surface area contributed by atoms with E-state index in [1.54, 1.807) is 0 Å². The van der Waals surface area contributed by atoms with Gasteiger partial charge in [0.15, 0.2) is 6.29 Å². The van der Waals surface area contributed by atoms with E-state index in [9.17, 15) is 14.4 Å². The number of hydrogen-bond acceptors (Lipinski definition) is 8. The van der Waals surface area contributed by atoms with Crippen molar-refractivity contribution in [3.63, 3.8) is 0 Å². The Labute approximate surface area is 159 Å². The van der Waals surface area contributed by atoms with Gasteiger partial charge in [0.25, 0.3) is 17.9 Å². The summed E-state index contributed by atoms with van der Waals surface area (Å²) in [4.78, 5) is 34.3. The monoisotopic (exact) mass is 396 g/mol. The average molecular weight is 396 g/mol. The Morgan fingerprint density at radius 1 is 1.07 bits per heavy atom. The minimum Gasteiger partial charge on any atom is -0.465 e. The molecule has 0 fully saturated rings. The average Bonchev–Trinajstić information content (AvgIpc) is 2.52. The number of ether oxygens (including phenoxy) is 2. The zero-order valence-electron chi connectivity index (χ0n) is 15.9. The van der Waals surface area contributed by atoms with Crippen LogP contribution in [-0.4, -0.2) is 33.0 Å². The van der Waals surface area contributed by atoms with Gasteiger partial charge in [-0.25, -0.2) is 0 Å². The highest BCUT2D eigenvalue weighted by atomic mass is 28.4. The second-order valence-electron chi connectivity index (χ2n) is 6.26. The predicted octanol–water partition coefficient (Wildman–Crippen LogP) is 2.50. The highest BCUT2D eigenvalue weighted by Gasteiger charge is 2.51. The second-order valence-corrected chi connectivity index (χ2v) is 8.73. The van der Waals surface area contributed by atoms with Gasteiger partial charge in [0.2, 0.25) is 0 Å². The fourth-order valence-electron chi connectivity index (χ4n) is 2.82. The van der Waals surface area contributed by atoms with Crippen molar-refractivity contribution in [3.05, 3.63) is 29.3 Å². The second kappa shape index (κ2) is 9.00. The Morgan fingerprint density at radius 2 is 1.67 bits per heavy atom. The molecule has 2 rings (SSSR count). The molecular weight excluding hydrogens is 372 g/mol. The van der Waals surface area contributed by atoms with Gasteiger partial charge in [-0.1, -0.05) is 6.07 Å². The van der Waals surface area contributed by atoms with Crippen LogP contribution in [0.1, 0.15) is 45.2 Å². The number of fused-ring (bicyclic) bond motifs is 1. The smallest absolute Gasteiger partial charge is 0.465 e. The van der Waals surface area contributed by atoms with Crippen LogP contribution in [0.2, 0.25) is 6.04 Å². The Balaban J connectivity index is 2.06. The van der Waals surface area contributed by atoms with Crippen LogP contribution in [0.3, 0.4) is 0 Å². The standard InChI is InChI=1S/C18H24O8Si/c1-12(19)24-27(25-13(2)20,26-14(3)21)9-5-6-16-7-8-18-17(10-16)11-22-15(4)23-18/h7-8,10,15H,5-6,9,11H2,1-4H3. The lowest BCUT2D eigenvalue weighted by Gasteiger charge is -2.26. The van der Waals surface area contributed by atoms with Gasteiger partial charge in [0.05, 0.1) is 12.7 Å². The van der Waals surface area contributed by atoms with E-state index in [1.807, 2.05) is 25.1 Å². The normalized spacial score (nSPS) is 15.9. The summed E-state index contributed by atoms with van der Waals surface area (Å²) in [7, 11) is -3.77. The Hall–Kier alpha value is -2.39. The first-order valence-electron chi connectivity index (χ1n) is 8.68. The van der Waals surface area contributed by atoms with Gasteiger partial charge in [0.1, 0.15) is 5.75 Å². The first kappa shape index (κ1) is 20.9. The summed E-state index contributed by atoms with van der Waals surface area (Å²) in [5.74, 6) is -1.20. The van der Waals surface area contributed by atoms with Crippen LogP contribution in [-0.2, 0) is 45.4 Å². The minimum absolute atomic E-state index is 0.146. The topological polar surface area (TPSA) is 97.4 Å². The lowest BCUT2D eigenvalue weighted by molar-refractivity contribution is -0.147. The first-order chi connectivity index (χ1) is 12.7. The molecule has 0 radical (unpaired) electrons. The highest BCUT2D eigenvalue weighted by Crippen LogP contribution is 2.28. The molecule has 1 unspecified atom stereocenters. The molecule has 9 heteroatoms. The van der Waals surface area contributed by atoms with E-state index < -0.39 is 26.7 Å². The van der Waals surface area contributed by atoms with Crippen LogP contribution in [0.15, 0.2) is 18.2 Å². The molecule has 0 saturated carbocycles. The third-order valence-electron chi connectivity index (χ3n) is 3.74. The van der Waals surface area contributed by atoms with Gasteiger partial charge in [-0.3, -0.25) is 14.4 Å². The molecule has 0 amide bonds. The maximum atomic E-state index is 11.4. The van der Waals surface area contributed by atoms with Crippen molar-refractivity contribution in [1.29, 1.82) is 0 Å². The molecule has 0 saturated heterocycles. The van der Waals surface area contributed by atoms with Gasteiger partial charge >= 0.3 is 8.80 Å². The van der Waals surface area contributed by atoms with Crippen molar-refractivity contribution in [2.45, 2.75) is 59.5 Å². The quantitative estimate of drug-likeness (QED) is 0.649. The molecule has 1 heterocycles. The fourth-order valence-corrected chi connectivity index (χ4v) is 5.17. The maximum absolute atomic E-state index is 11.4. The lowest BCUT2D eigenvalue weighted by Crippen LogP contribution is -2.49.